The van der Waals surface area contributed by atoms with Crippen LogP contribution in [0.1, 0.15) is 5.56 Å². The first-order valence-corrected chi connectivity index (χ1v) is 7.57. The first-order valence-electron chi connectivity index (χ1n) is 7.20. The highest BCUT2D eigenvalue weighted by atomic mass is 35.5. The van der Waals surface area contributed by atoms with Crippen molar-refractivity contribution in [3.05, 3.63) is 34.9 Å². The van der Waals surface area contributed by atoms with Gasteiger partial charge in [-0.05, 0) is 11.6 Å². The van der Waals surface area contributed by atoms with E-state index in [-0.39, 0.29) is 6.09 Å². The molecule has 1 aliphatic rings. The molecule has 1 N–H and O–H groups in total. The van der Waals surface area contributed by atoms with Gasteiger partial charge in [-0.3, -0.25) is 4.90 Å². The number of hydrogen-bond acceptors (Lipinski definition) is 4. The molecule has 21 heavy (non-hydrogen) atoms. The molecular formula is C15H21ClN2O3. The van der Waals surface area contributed by atoms with Crippen LogP contribution in [0.25, 0.3) is 0 Å². The Morgan fingerprint density at radius 3 is 2.86 bits per heavy atom. The van der Waals surface area contributed by atoms with Gasteiger partial charge in [-0.15, -0.1) is 0 Å². The van der Waals surface area contributed by atoms with E-state index < -0.39 is 0 Å². The summed E-state index contributed by atoms with van der Waals surface area (Å²) in [7, 11) is 0. The molecule has 0 atom stereocenters. The minimum absolute atomic E-state index is 0.327. The van der Waals surface area contributed by atoms with Crippen LogP contribution in [-0.2, 0) is 15.9 Å². The number of hydrogen-bond donors (Lipinski definition) is 1. The van der Waals surface area contributed by atoms with Crippen LogP contribution in [0.2, 0.25) is 5.02 Å². The first kappa shape index (κ1) is 16.1. The van der Waals surface area contributed by atoms with E-state index >= 15 is 0 Å². The van der Waals surface area contributed by atoms with E-state index in [0.29, 0.717) is 24.6 Å². The zero-order valence-corrected chi connectivity index (χ0v) is 12.8. The van der Waals surface area contributed by atoms with Crippen LogP contribution >= 0.6 is 11.6 Å². The molecule has 0 bridgehead atoms. The topological polar surface area (TPSA) is 50.8 Å². The van der Waals surface area contributed by atoms with E-state index in [9.17, 15) is 4.79 Å². The highest BCUT2D eigenvalue weighted by Gasteiger charge is 2.10. The molecule has 1 aromatic rings. The number of halogens is 1. The average molecular weight is 313 g/mol. The fourth-order valence-corrected chi connectivity index (χ4v) is 2.38. The predicted molar refractivity (Wildman–Crippen MR) is 81.8 cm³/mol. The summed E-state index contributed by atoms with van der Waals surface area (Å²) in [5.74, 6) is 0. The third-order valence-corrected chi connectivity index (χ3v) is 3.73. The number of morpholine rings is 1. The van der Waals surface area contributed by atoms with Gasteiger partial charge in [-0.1, -0.05) is 29.8 Å². The number of rotatable bonds is 6. The van der Waals surface area contributed by atoms with Crippen LogP contribution in [0.15, 0.2) is 24.3 Å². The molecule has 1 fully saturated rings. The van der Waals surface area contributed by atoms with Gasteiger partial charge in [-0.25, -0.2) is 4.79 Å². The van der Waals surface area contributed by atoms with E-state index in [1.165, 1.54) is 0 Å². The number of carbonyl (C=O) groups excluding carboxylic acids is 1. The lowest BCUT2D eigenvalue weighted by Gasteiger charge is -2.26. The normalized spacial score (nSPS) is 15.7. The SMILES string of the molecule is O=C(NCCN1CCOCC1)OCCc1ccccc1Cl. The molecule has 0 saturated carbocycles. The Balaban J connectivity index is 1.56. The number of nitrogens with zero attached hydrogens (tertiary/aromatic N) is 1. The van der Waals surface area contributed by atoms with E-state index in [2.05, 4.69) is 10.2 Å². The molecule has 0 aliphatic carbocycles. The van der Waals surface area contributed by atoms with Crippen molar-refractivity contribution in [3.63, 3.8) is 0 Å². The molecule has 0 radical (unpaired) electrons. The van der Waals surface area contributed by atoms with Crippen molar-refractivity contribution < 1.29 is 14.3 Å². The van der Waals surface area contributed by atoms with E-state index in [4.69, 9.17) is 21.1 Å². The van der Waals surface area contributed by atoms with Gasteiger partial charge in [-0.2, -0.15) is 0 Å². The molecule has 116 valence electrons. The Labute approximate surface area is 130 Å². The summed E-state index contributed by atoms with van der Waals surface area (Å²) in [6.45, 7) is 5.11. The average Bonchev–Trinajstić information content (AvgIpc) is 2.50. The Hall–Kier alpha value is -1.30. The molecule has 1 heterocycles. The summed E-state index contributed by atoms with van der Waals surface area (Å²) in [6.07, 6.45) is 0.242. The van der Waals surface area contributed by atoms with Gasteiger partial charge in [0.15, 0.2) is 0 Å². The Morgan fingerprint density at radius 1 is 1.33 bits per heavy atom. The molecular weight excluding hydrogens is 292 g/mol. The van der Waals surface area contributed by atoms with Gasteiger partial charge in [0.2, 0.25) is 0 Å². The Bertz CT molecular complexity index is 450. The molecule has 0 unspecified atom stereocenters. The third-order valence-electron chi connectivity index (χ3n) is 3.36. The highest BCUT2D eigenvalue weighted by Crippen LogP contribution is 2.15. The summed E-state index contributed by atoms with van der Waals surface area (Å²) in [4.78, 5) is 13.8. The van der Waals surface area contributed by atoms with Crippen LogP contribution in [0, 0.1) is 0 Å². The lowest BCUT2D eigenvalue weighted by molar-refractivity contribution is 0.0383. The third kappa shape index (κ3) is 5.91. The summed E-state index contributed by atoms with van der Waals surface area (Å²) >= 11 is 6.04. The number of alkyl carbamates (subject to hydrolysis) is 1. The lowest BCUT2D eigenvalue weighted by atomic mass is 10.2. The van der Waals surface area contributed by atoms with E-state index in [1.807, 2.05) is 24.3 Å². The summed E-state index contributed by atoms with van der Waals surface area (Å²) < 4.78 is 10.4. The van der Waals surface area contributed by atoms with Crippen molar-refractivity contribution >= 4 is 17.7 Å². The fourth-order valence-electron chi connectivity index (χ4n) is 2.15. The van der Waals surface area contributed by atoms with Crippen LogP contribution in [0.5, 0.6) is 0 Å². The molecule has 6 heteroatoms. The highest BCUT2D eigenvalue weighted by molar-refractivity contribution is 6.31. The van der Waals surface area contributed by atoms with Crippen molar-refractivity contribution in [3.8, 4) is 0 Å². The maximum atomic E-state index is 11.6. The smallest absolute Gasteiger partial charge is 0.407 e. The molecule has 5 nitrogen and oxygen atoms in total. The lowest BCUT2D eigenvalue weighted by Crippen LogP contribution is -2.41. The van der Waals surface area contributed by atoms with Gasteiger partial charge in [0.25, 0.3) is 0 Å². The van der Waals surface area contributed by atoms with E-state index in [1.54, 1.807) is 0 Å². The van der Waals surface area contributed by atoms with Crippen LogP contribution in [0.3, 0.4) is 0 Å². The van der Waals surface area contributed by atoms with Crippen LogP contribution in [-0.4, -0.2) is 57.0 Å². The van der Waals surface area contributed by atoms with E-state index in [0.717, 1.165) is 38.4 Å². The van der Waals surface area contributed by atoms with Gasteiger partial charge in [0, 0.05) is 37.6 Å². The van der Waals surface area contributed by atoms with Crippen molar-refractivity contribution in [1.82, 2.24) is 10.2 Å². The standard InChI is InChI=1S/C15H21ClN2O3/c16-14-4-2-1-3-13(14)5-10-21-15(19)17-6-7-18-8-11-20-12-9-18/h1-4H,5-12H2,(H,17,19). The second-order valence-corrected chi connectivity index (χ2v) is 5.27. The number of benzene rings is 1. The molecule has 1 saturated heterocycles. The van der Waals surface area contributed by atoms with Gasteiger partial charge in [0.05, 0.1) is 19.8 Å². The van der Waals surface area contributed by atoms with Gasteiger partial charge >= 0.3 is 6.09 Å². The number of amides is 1. The Kier molecular flexibility index (Phi) is 6.79. The summed E-state index contributed by atoms with van der Waals surface area (Å²) in [5, 5.41) is 3.46. The second kappa shape index (κ2) is 8.87. The number of carbonyl (C=O) groups is 1. The van der Waals surface area contributed by atoms with Gasteiger partial charge in [0.1, 0.15) is 0 Å². The minimum Gasteiger partial charge on any atom is -0.449 e. The van der Waals surface area contributed by atoms with Crippen LogP contribution in [0.4, 0.5) is 4.79 Å². The maximum Gasteiger partial charge on any atom is 0.407 e. The molecule has 0 aromatic heterocycles. The fraction of sp³-hybridized carbons (Fsp3) is 0.533. The summed E-state index contributed by atoms with van der Waals surface area (Å²) in [6, 6.07) is 7.57. The first-order chi connectivity index (χ1) is 10.3. The monoisotopic (exact) mass is 312 g/mol. The molecule has 0 spiro atoms. The molecule has 1 aromatic carbocycles. The zero-order chi connectivity index (χ0) is 14.9. The van der Waals surface area contributed by atoms with Crippen molar-refractivity contribution in [2.24, 2.45) is 0 Å². The predicted octanol–water partition coefficient (Wildman–Crippen LogP) is 1.94. The van der Waals surface area contributed by atoms with Gasteiger partial charge < -0.3 is 14.8 Å². The largest absolute Gasteiger partial charge is 0.449 e. The van der Waals surface area contributed by atoms with Crippen molar-refractivity contribution in [2.45, 2.75) is 6.42 Å². The Morgan fingerprint density at radius 2 is 2.10 bits per heavy atom. The minimum atomic E-state index is -0.379. The second-order valence-electron chi connectivity index (χ2n) is 4.86. The number of nitrogens with one attached hydrogen (secondary N) is 1. The van der Waals surface area contributed by atoms with Crippen molar-refractivity contribution in [1.29, 1.82) is 0 Å². The van der Waals surface area contributed by atoms with Crippen LogP contribution < -0.4 is 5.32 Å². The number of ether oxygens (including phenoxy) is 2. The summed E-state index contributed by atoms with van der Waals surface area (Å²) in [5.41, 5.74) is 0.986. The zero-order valence-electron chi connectivity index (χ0n) is 12.0. The quantitative estimate of drug-likeness (QED) is 0.872. The van der Waals surface area contributed by atoms with Crippen molar-refractivity contribution in [2.75, 3.05) is 46.0 Å². The molecule has 2 rings (SSSR count). The molecule has 1 aliphatic heterocycles. The molecule has 1 amide bonds. The maximum absolute atomic E-state index is 11.6.